The van der Waals surface area contributed by atoms with Crippen LogP contribution >= 0.6 is 0 Å². The maximum Gasteiger partial charge on any atom is 0.229 e. The van der Waals surface area contributed by atoms with Gasteiger partial charge in [-0.05, 0) is 13.0 Å². The second kappa shape index (κ2) is 6.12. The first-order valence-electron chi connectivity index (χ1n) is 6.72. The summed E-state index contributed by atoms with van der Waals surface area (Å²) in [7, 11) is 3.80. The van der Waals surface area contributed by atoms with Gasteiger partial charge in [0.2, 0.25) is 11.9 Å². The number of hydrogen-bond donors (Lipinski definition) is 2. The number of rotatable bonds is 6. The predicted molar refractivity (Wildman–Crippen MR) is 75.9 cm³/mol. The molecule has 0 atom stereocenters. The molecule has 0 aliphatic carbocycles. The van der Waals surface area contributed by atoms with Crippen LogP contribution in [0.25, 0.3) is 0 Å². The molecule has 1 fully saturated rings. The molecule has 7 nitrogen and oxygen atoms in total. The minimum absolute atomic E-state index is 0.289. The molecule has 0 spiro atoms. The molecule has 1 aromatic rings. The van der Waals surface area contributed by atoms with Gasteiger partial charge in [-0.15, -0.1) is 0 Å². The molecule has 1 aromatic heterocycles. The summed E-state index contributed by atoms with van der Waals surface area (Å²) < 4.78 is 0. The standard InChI is InChI=1S/C12H23N7/c1-4-5-19(9-6-14-7-9)8-10-15-11(13)17-12(16-10)18(2)3/h9,14H,4-8H2,1-3H3,(H2,13,15,16,17). The number of nitrogens with one attached hydrogen (secondary N) is 1. The number of aromatic nitrogens is 3. The van der Waals surface area contributed by atoms with Gasteiger partial charge in [0, 0.05) is 33.2 Å². The summed E-state index contributed by atoms with van der Waals surface area (Å²) in [5, 5.41) is 3.30. The van der Waals surface area contributed by atoms with Gasteiger partial charge < -0.3 is 16.0 Å². The molecule has 1 aliphatic rings. The topological polar surface area (TPSA) is 83.2 Å². The fourth-order valence-corrected chi connectivity index (χ4v) is 2.09. The lowest BCUT2D eigenvalue weighted by Gasteiger charge is -2.37. The molecule has 0 aromatic carbocycles. The second-order valence-corrected chi connectivity index (χ2v) is 5.09. The van der Waals surface area contributed by atoms with E-state index in [2.05, 4.69) is 32.1 Å². The minimum Gasteiger partial charge on any atom is -0.368 e. The van der Waals surface area contributed by atoms with Gasteiger partial charge in [0.15, 0.2) is 0 Å². The highest BCUT2D eigenvalue weighted by Crippen LogP contribution is 2.12. The van der Waals surface area contributed by atoms with E-state index < -0.39 is 0 Å². The zero-order valence-electron chi connectivity index (χ0n) is 11.9. The lowest BCUT2D eigenvalue weighted by molar-refractivity contribution is 0.134. The first kappa shape index (κ1) is 14.0. The summed E-state index contributed by atoms with van der Waals surface area (Å²) in [4.78, 5) is 17.1. The highest BCUT2D eigenvalue weighted by Gasteiger charge is 2.24. The summed E-state index contributed by atoms with van der Waals surface area (Å²) in [6, 6.07) is 0.584. The summed E-state index contributed by atoms with van der Waals surface area (Å²) in [6.07, 6.45) is 1.12. The van der Waals surface area contributed by atoms with E-state index in [0.29, 0.717) is 12.0 Å². The van der Waals surface area contributed by atoms with Crippen LogP contribution in [0.4, 0.5) is 11.9 Å². The van der Waals surface area contributed by atoms with E-state index >= 15 is 0 Å². The van der Waals surface area contributed by atoms with Crippen molar-refractivity contribution >= 4 is 11.9 Å². The largest absolute Gasteiger partial charge is 0.368 e. The van der Waals surface area contributed by atoms with Crippen molar-refractivity contribution in [1.82, 2.24) is 25.2 Å². The maximum atomic E-state index is 5.75. The van der Waals surface area contributed by atoms with E-state index in [9.17, 15) is 0 Å². The number of anilines is 2. The minimum atomic E-state index is 0.289. The summed E-state index contributed by atoms with van der Waals surface area (Å²) in [6.45, 7) is 6.05. The number of nitrogens with two attached hydrogens (primary N) is 1. The van der Waals surface area contributed by atoms with E-state index in [1.807, 2.05) is 19.0 Å². The third kappa shape index (κ3) is 3.51. The van der Waals surface area contributed by atoms with E-state index in [4.69, 9.17) is 5.73 Å². The van der Waals surface area contributed by atoms with Crippen molar-refractivity contribution < 1.29 is 0 Å². The summed E-state index contributed by atoms with van der Waals surface area (Å²) in [5.41, 5.74) is 5.75. The Kier molecular flexibility index (Phi) is 4.49. The van der Waals surface area contributed by atoms with Crippen molar-refractivity contribution in [1.29, 1.82) is 0 Å². The van der Waals surface area contributed by atoms with Gasteiger partial charge in [-0.1, -0.05) is 6.92 Å². The van der Waals surface area contributed by atoms with Gasteiger partial charge in [0.1, 0.15) is 5.82 Å². The van der Waals surface area contributed by atoms with E-state index in [1.165, 1.54) is 0 Å². The van der Waals surface area contributed by atoms with Gasteiger partial charge in [-0.2, -0.15) is 15.0 Å². The van der Waals surface area contributed by atoms with Crippen LogP contribution in [0.1, 0.15) is 19.2 Å². The normalized spacial score (nSPS) is 15.6. The first-order chi connectivity index (χ1) is 9.10. The molecular weight excluding hydrogens is 242 g/mol. The number of hydrogen-bond acceptors (Lipinski definition) is 7. The Labute approximate surface area is 114 Å². The van der Waals surface area contributed by atoms with Crippen molar-refractivity contribution in [2.24, 2.45) is 0 Å². The van der Waals surface area contributed by atoms with Crippen LogP contribution in [0.15, 0.2) is 0 Å². The molecule has 7 heteroatoms. The van der Waals surface area contributed by atoms with Crippen LogP contribution in [-0.2, 0) is 6.54 Å². The molecular formula is C12H23N7. The van der Waals surface area contributed by atoms with Crippen molar-refractivity contribution in [3.63, 3.8) is 0 Å². The van der Waals surface area contributed by atoms with Crippen molar-refractivity contribution in [3.05, 3.63) is 5.82 Å². The highest BCUT2D eigenvalue weighted by molar-refractivity contribution is 5.32. The van der Waals surface area contributed by atoms with Crippen LogP contribution in [-0.4, -0.2) is 59.6 Å². The Hall–Kier alpha value is -1.47. The van der Waals surface area contributed by atoms with Crippen LogP contribution in [0.2, 0.25) is 0 Å². The Morgan fingerprint density at radius 3 is 2.53 bits per heavy atom. The van der Waals surface area contributed by atoms with Crippen molar-refractivity contribution in [3.8, 4) is 0 Å². The van der Waals surface area contributed by atoms with Gasteiger partial charge >= 0.3 is 0 Å². The van der Waals surface area contributed by atoms with Gasteiger partial charge in [0.05, 0.1) is 6.54 Å². The molecule has 0 saturated carbocycles. The van der Waals surface area contributed by atoms with Crippen LogP contribution in [0.5, 0.6) is 0 Å². The Morgan fingerprint density at radius 1 is 1.26 bits per heavy atom. The predicted octanol–water partition coefficient (Wildman–Crippen LogP) is -0.296. The quantitative estimate of drug-likeness (QED) is 0.731. The van der Waals surface area contributed by atoms with E-state index in [1.54, 1.807) is 0 Å². The Bertz CT molecular complexity index is 417. The average Bonchev–Trinajstić information content (AvgIpc) is 2.26. The maximum absolute atomic E-state index is 5.75. The molecule has 2 heterocycles. The van der Waals surface area contributed by atoms with Gasteiger partial charge in [0.25, 0.3) is 0 Å². The smallest absolute Gasteiger partial charge is 0.229 e. The average molecular weight is 265 g/mol. The van der Waals surface area contributed by atoms with Crippen LogP contribution < -0.4 is 16.0 Å². The van der Waals surface area contributed by atoms with E-state index in [-0.39, 0.29) is 5.95 Å². The summed E-state index contributed by atoms with van der Waals surface area (Å²) >= 11 is 0. The fraction of sp³-hybridized carbons (Fsp3) is 0.750. The molecule has 1 saturated heterocycles. The lowest BCUT2D eigenvalue weighted by Crippen LogP contribution is -2.57. The molecule has 1 aliphatic heterocycles. The number of nitrogens with zero attached hydrogens (tertiary/aromatic N) is 5. The fourth-order valence-electron chi connectivity index (χ4n) is 2.09. The zero-order chi connectivity index (χ0) is 13.8. The molecule has 0 radical (unpaired) electrons. The molecule has 2 rings (SSSR count). The number of nitrogen functional groups attached to an aromatic ring is 1. The molecule has 0 bridgehead atoms. The van der Waals surface area contributed by atoms with E-state index in [0.717, 1.165) is 38.4 Å². The van der Waals surface area contributed by atoms with Crippen LogP contribution in [0, 0.1) is 0 Å². The monoisotopic (exact) mass is 265 g/mol. The highest BCUT2D eigenvalue weighted by atomic mass is 15.3. The van der Waals surface area contributed by atoms with Crippen molar-refractivity contribution in [2.75, 3.05) is 44.4 Å². The third-order valence-electron chi connectivity index (χ3n) is 3.22. The van der Waals surface area contributed by atoms with Crippen molar-refractivity contribution in [2.45, 2.75) is 25.9 Å². The molecule has 106 valence electrons. The van der Waals surface area contributed by atoms with Crippen LogP contribution in [0.3, 0.4) is 0 Å². The SMILES string of the molecule is CCCN(Cc1nc(N)nc(N(C)C)n1)C1CNC1. The Balaban J connectivity index is 2.11. The lowest BCUT2D eigenvalue weighted by atomic mass is 10.1. The van der Waals surface area contributed by atoms with Gasteiger partial charge in [-0.25, -0.2) is 0 Å². The molecule has 19 heavy (non-hydrogen) atoms. The third-order valence-corrected chi connectivity index (χ3v) is 3.22. The molecule has 0 amide bonds. The first-order valence-corrected chi connectivity index (χ1v) is 6.72. The van der Waals surface area contributed by atoms with Gasteiger partial charge in [-0.3, -0.25) is 4.90 Å². The molecule has 3 N–H and O–H groups in total. The zero-order valence-corrected chi connectivity index (χ0v) is 11.9. The Morgan fingerprint density at radius 2 is 2.00 bits per heavy atom. The second-order valence-electron chi connectivity index (χ2n) is 5.09. The molecule has 0 unspecified atom stereocenters. The summed E-state index contributed by atoms with van der Waals surface area (Å²) in [5.74, 6) is 1.65.